The molecule has 0 bridgehead atoms. The molecule has 1 fully saturated rings. The molecule has 1 aliphatic rings. The van der Waals surface area contributed by atoms with Crippen LogP contribution in [0.3, 0.4) is 0 Å². The smallest absolute Gasteiger partial charge is 0.191 e. The van der Waals surface area contributed by atoms with E-state index in [1.165, 1.54) is 0 Å². The first-order valence-electron chi connectivity index (χ1n) is 5.03. The maximum Gasteiger partial charge on any atom is 0.191 e. The Morgan fingerprint density at radius 3 is 2.25 bits per heavy atom. The standard InChI is InChI=1S/C11H11F2NOS/c12-8-4-6(11(14)16)5-9(13)10(8)15-7-2-1-3-7/h4-5,7H,1-3H2,(H2,14,16). The lowest BCUT2D eigenvalue weighted by Crippen LogP contribution is -2.25. The molecule has 0 heterocycles. The summed E-state index contributed by atoms with van der Waals surface area (Å²) < 4.78 is 32.2. The zero-order valence-corrected chi connectivity index (χ0v) is 9.32. The van der Waals surface area contributed by atoms with Crippen molar-refractivity contribution in [3.8, 4) is 5.75 Å². The van der Waals surface area contributed by atoms with Crippen molar-refractivity contribution in [2.45, 2.75) is 25.4 Å². The van der Waals surface area contributed by atoms with E-state index in [1.807, 2.05) is 0 Å². The van der Waals surface area contributed by atoms with Crippen LogP contribution >= 0.6 is 12.2 Å². The van der Waals surface area contributed by atoms with Gasteiger partial charge in [-0.15, -0.1) is 0 Å². The van der Waals surface area contributed by atoms with Crippen LogP contribution in [0.25, 0.3) is 0 Å². The van der Waals surface area contributed by atoms with Gasteiger partial charge in [-0.1, -0.05) is 12.2 Å². The lowest BCUT2D eigenvalue weighted by Gasteiger charge is -2.26. The van der Waals surface area contributed by atoms with E-state index < -0.39 is 11.6 Å². The van der Waals surface area contributed by atoms with Crippen LogP contribution in [-0.4, -0.2) is 11.1 Å². The second kappa shape index (κ2) is 4.33. The molecule has 2 nitrogen and oxygen atoms in total. The van der Waals surface area contributed by atoms with Crippen molar-refractivity contribution < 1.29 is 13.5 Å². The van der Waals surface area contributed by atoms with Crippen molar-refractivity contribution in [3.05, 3.63) is 29.3 Å². The van der Waals surface area contributed by atoms with Crippen LogP contribution in [0.4, 0.5) is 8.78 Å². The largest absolute Gasteiger partial charge is 0.484 e. The molecule has 16 heavy (non-hydrogen) atoms. The summed E-state index contributed by atoms with van der Waals surface area (Å²) in [7, 11) is 0. The molecule has 0 atom stereocenters. The van der Waals surface area contributed by atoms with Crippen LogP contribution in [0.5, 0.6) is 5.75 Å². The predicted octanol–water partition coefficient (Wildman–Crippen LogP) is 2.53. The lowest BCUT2D eigenvalue weighted by molar-refractivity contribution is 0.109. The van der Waals surface area contributed by atoms with Crippen LogP contribution in [0.2, 0.25) is 0 Å². The molecule has 0 aromatic heterocycles. The molecular formula is C11H11F2NOS. The van der Waals surface area contributed by atoms with Crippen LogP contribution in [0.1, 0.15) is 24.8 Å². The number of hydrogen-bond acceptors (Lipinski definition) is 2. The highest BCUT2D eigenvalue weighted by Gasteiger charge is 2.23. The number of rotatable bonds is 3. The van der Waals surface area contributed by atoms with Crippen molar-refractivity contribution in [2.24, 2.45) is 5.73 Å². The minimum atomic E-state index is -0.755. The van der Waals surface area contributed by atoms with Gasteiger partial charge in [-0.2, -0.15) is 0 Å². The molecule has 1 aliphatic carbocycles. The van der Waals surface area contributed by atoms with Gasteiger partial charge in [0.15, 0.2) is 17.4 Å². The molecule has 0 aliphatic heterocycles. The number of benzene rings is 1. The molecule has 1 aromatic rings. The first kappa shape index (κ1) is 11.3. The van der Waals surface area contributed by atoms with E-state index >= 15 is 0 Å². The van der Waals surface area contributed by atoms with Gasteiger partial charge in [-0.3, -0.25) is 0 Å². The van der Waals surface area contributed by atoms with Crippen LogP contribution in [0, 0.1) is 11.6 Å². The minimum Gasteiger partial charge on any atom is -0.484 e. The maximum atomic E-state index is 13.5. The summed E-state index contributed by atoms with van der Waals surface area (Å²) in [5.41, 5.74) is 5.47. The summed E-state index contributed by atoms with van der Waals surface area (Å²) in [5.74, 6) is -1.84. The van der Waals surface area contributed by atoms with Crippen molar-refractivity contribution >= 4 is 17.2 Å². The van der Waals surface area contributed by atoms with Gasteiger partial charge in [0.2, 0.25) is 0 Å². The van der Waals surface area contributed by atoms with Gasteiger partial charge in [-0.25, -0.2) is 8.78 Å². The molecule has 0 unspecified atom stereocenters. The van der Waals surface area contributed by atoms with Crippen molar-refractivity contribution in [1.82, 2.24) is 0 Å². The summed E-state index contributed by atoms with van der Waals surface area (Å²) >= 11 is 4.65. The van der Waals surface area contributed by atoms with Crippen molar-refractivity contribution in [1.29, 1.82) is 0 Å². The molecule has 0 spiro atoms. The molecule has 5 heteroatoms. The van der Waals surface area contributed by atoms with E-state index in [0.29, 0.717) is 0 Å². The fourth-order valence-electron chi connectivity index (χ4n) is 1.47. The Balaban J connectivity index is 2.27. The number of nitrogens with two attached hydrogens (primary N) is 1. The number of thiocarbonyl (C=S) groups is 1. The van der Waals surface area contributed by atoms with E-state index in [-0.39, 0.29) is 22.4 Å². The molecule has 0 amide bonds. The van der Waals surface area contributed by atoms with Gasteiger partial charge in [0, 0.05) is 5.56 Å². The molecular weight excluding hydrogens is 232 g/mol. The zero-order chi connectivity index (χ0) is 11.7. The monoisotopic (exact) mass is 243 g/mol. The number of hydrogen-bond donors (Lipinski definition) is 1. The summed E-state index contributed by atoms with van der Waals surface area (Å²) in [6.45, 7) is 0. The first-order chi connectivity index (χ1) is 7.58. The highest BCUT2D eigenvalue weighted by molar-refractivity contribution is 7.80. The van der Waals surface area contributed by atoms with Gasteiger partial charge in [-0.05, 0) is 31.4 Å². The molecule has 0 radical (unpaired) electrons. The fraction of sp³-hybridized carbons (Fsp3) is 0.364. The Kier molecular flexibility index (Phi) is 3.05. The molecule has 1 saturated carbocycles. The van der Waals surface area contributed by atoms with E-state index in [1.54, 1.807) is 0 Å². The van der Waals surface area contributed by atoms with E-state index in [4.69, 9.17) is 10.5 Å². The summed E-state index contributed by atoms with van der Waals surface area (Å²) in [4.78, 5) is -0.0343. The van der Waals surface area contributed by atoms with Crippen LogP contribution in [-0.2, 0) is 0 Å². The average Bonchev–Trinajstić information content (AvgIpc) is 2.13. The summed E-state index contributed by atoms with van der Waals surface area (Å²) in [6.07, 6.45) is 2.66. The average molecular weight is 243 g/mol. The molecule has 2 rings (SSSR count). The Bertz CT molecular complexity index is 409. The third-order valence-corrected chi connectivity index (χ3v) is 2.86. The molecule has 2 N–H and O–H groups in total. The lowest BCUT2D eigenvalue weighted by atomic mass is 9.96. The fourth-order valence-corrected chi connectivity index (χ4v) is 1.59. The normalized spacial score (nSPS) is 15.6. The van der Waals surface area contributed by atoms with E-state index in [2.05, 4.69) is 12.2 Å². The topological polar surface area (TPSA) is 35.2 Å². The Hall–Kier alpha value is -1.23. The minimum absolute atomic E-state index is 0.0343. The highest BCUT2D eigenvalue weighted by atomic mass is 32.1. The number of ether oxygens (including phenoxy) is 1. The predicted molar refractivity (Wildman–Crippen MR) is 60.5 cm³/mol. The Morgan fingerprint density at radius 2 is 1.88 bits per heavy atom. The second-order valence-electron chi connectivity index (χ2n) is 3.80. The van der Waals surface area contributed by atoms with Gasteiger partial charge in [0.25, 0.3) is 0 Å². The van der Waals surface area contributed by atoms with Gasteiger partial charge in [0.1, 0.15) is 4.99 Å². The van der Waals surface area contributed by atoms with Crippen molar-refractivity contribution in [2.75, 3.05) is 0 Å². The number of halogens is 2. The zero-order valence-electron chi connectivity index (χ0n) is 8.50. The maximum absolute atomic E-state index is 13.5. The van der Waals surface area contributed by atoms with Crippen molar-refractivity contribution in [3.63, 3.8) is 0 Å². The summed E-state index contributed by atoms with van der Waals surface area (Å²) in [5, 5.41) is 0. The Labute approximate surface area is 97.4 Å². The van der Waals surface area contributed by atoms with E-state index in [9.17, 15) is 8.78 Å². The SMILES string of the molecule is NC(=S)c1cc(F)c(OC2CCC2)c(F)c1. The third kappa shape index (κ3) is 2.14. The molecule has 1 aromatic carbocycles. The van der Waals surface area contributed by atoms with Gasteiger partial charge >= 0.3 is 0 Å². The second-order valence-corrected chi connectivity index (χ2v) is 4.24. The van der Waals surface area contributed by atoms with E-state index in [0.717, 1.165) is 31.4 Å². The van der Waals surface area contributed by atoms with Gasteiger partial charge in [0.05, 0.1) is 6.10 Å². The molecule has 86 valence electrons. The highest BCUT2D eigenvalue weighted by Crippen LogP contribution is 2.29. The Morgan fingerprint density at radius 1 is 1.31 bits per heavy atom. The van der Waals surface area contributed by atoms with Crippen LogP contribution < -0.4 is 10.5 Å². The quantitative estimate of drug-likeness (QED) is 0.828. The summed E-state index contributed by atoms with van der Waals surface area (Å²) in [6, 6.07) is 2.19. The van der Waals surface area contributed by atoms with Crippen LogP contribution in [0.15, 0.2) is 12.1 Å². The third-order valence-electron chi connectivity index (χ3n) is 2.62. The first-order valence-corrected chi connectivity index (χ1v) is 5.44. The van der Waals surface area contributed by atoms with Gasteiger partial charge < -0.3 is 10.5 Å². The molecule has 0 saturated heterocycles.